The Kier molecular flexibility index (Phi) is 4.85. The number of ether oxygens (including phenoxy) is 1. The van der Waals surface area contributed by atoms with Gasteiger partial charge in [0.25, 0.3) is 0 Å². The maximum Gasteiger partial charge on any atom is 0.233 e. The normalized spacial score (nSPS) is 17.5. The van der Waals surface area contributed by atoms with Crippen LogP contribution in [-0.4, -0.2) is 50.9 Å². The number of amides is 1. The van der Waals surface area contributed by atoms with Crippen molar-refractivity contribution >= 4 is 17.7 Å². The van der Waals surface area contributed by atoms with Crippen LogP contribution in [0.3, 0.4) is 0 Å². The minimum atomic E-state index is -0.00780. The predicted octanol–water partition coefficient (Wildman–Crippen LogP) is 1.64. The molecule has 0 aromatic carbocycles. The standard InChI is InChI=1S/C15H16N4O2S/c20-15(11-22-13-3-7-16-8-4-13)19-9-5-12(10-19)21-14-2-1-6-17-18-14/h1-4,6-8,12H,5,9-11H2. The van der Waals surface area contributed by atoms with Crippen molar-refractivity contribution in [2.45, 2.75) is 17.4 Å². The van der Waals surface area contributed by atoms with E-state index in [1.165, 1.54) is 11.8 Å². The van der Waals surface area contributed by atoms with Crippen LogP contribution in [0, 0.1) is 0 Å². The molecule has 1 amide bonds. The van der Waals surface area contributed by atoms with Crippen molar-refractivity contribution in [3.05, 3.63) is 42.9 Å². The SMILES string of the molecule is O=C(CSc1ccncc1)N1CCC(Oc2cccnn2)C1. The summed E-state index contributed by atoms with van der Waals surface area (Å²) in [6, 6.07) is 7.37. The van der Waals surface area contributed by atoms with Crippen LogP contribution in [-0.2, 0) is 4.79 Å². The Morgan fingerprint density at radius 2 is 2.18 bits per heavy atom. The molecule has 3 heterocycles. The van der Waals surface area contributed by atoms with Gasteiger partial charge in [-0.1, -0.05) is 0 Å². The monoisotopic (exact) mass is 316 g/mol. The molecule has 7 heteroatoms. The van der Waals surface area contributed by atoms with E-state index in [4.69, 9.17) is 4.74 Å². The summed E-state index contributed by atoms with van der Waals surface area (Å²) in [7, 11) is 0. The fraction of sp³-hybridized carbons (Fsp3) is 0.333. The second kappa shape index (κ2) is 7.22. The molecule has 2 aromatic heterocycles. The van der Waals surface area contributed by atoms with E-state index in [1.807, 2.05) is 17.0 Å². The van der Waals surface area contributed by atoms with Crippen LogP contribution in [0.2, 0.25) is 0 Å². The minimum Gasteiger partial charge on any atom is -0.471 e. The van der Waals surface area contributed by atoms with E-state index in [0.29, 0.717) is 18.2 Å². The molecular weight excluding hydrogens is 300 g/mol. The van der Waals surface area contributed by atoms with Gasteiger partial charge in [0.15, 0.2) is 0 Å². The first-order valence-electron chi connectivity index (χ1n) is 7.06. The summed E-state index contributed by atoms with van der Waals surface area (Å²) in [6.45, 7) is 1.33. The number of likely N-dealkylation sites (tertiary alicyclic amines) is 1. The van der Waals surface area contributed by atoms with E-state index in [0.717, 1.165) is 17.9 Å². The smallest absolute Gasteiger partial charge is 0.233 e. The molecule has 0 spiro atoms. The molecule has 2 aromatic rings. The molecule has 22 heavy (non-hydrogen) atoms. The Morgan fingerprint density at radius 3 is 2.95 bits per heavy atom. The number of thioether (sulfide) groups is 1. The molecule has 1 aliphatic heterocycles. The lowest BCUT2D eigenvalue weighted by Gasteiger charge is -2.16. The van der Waals surface area contributed by atoms with Crippen molar-refractivity contribution in [2.75, 3.05) is 18.8 Å². The Morgan fingerprint density at radius 1 is 1.32 bits per heavy atom. The first-order chi connectivity index (χ1) is 10.8. The van der Waals surface area contributed by atoms with E-state index in [9.17, 15) is 4.79 Å². The van der Waals surface area contributed by atoms with Gasteiger partial charge < -0.3 is 9.64 Å². The summed E-state index contributed by atoms with van der Waals surface area (Å²) < 4.78 is 5.74. The average Bonchev–Trinajstić information content (AvgIpc) is 3.03. The summed E-state index contributed by atoms with van der Waals surface area (Å²) in [5, 5.41) is 7.68. The second-order valence-electron chi connectivity index (χ2n) is 4.90. The van der Waals surface area contributed by atoms with Gasteiger partial charge in [0.1, 0.15) is 6.10 Å². The number of carbonyl (C=O) groups is 1. The van der Waals surface area contributed by atoms with Crippen LogP contribution >= 0.6 is 11.8 Å². The Bertz CT molecular complexity index is 611. The Hall–Kier alpha value is -2.15. The van der Waals surface area contributed by atoms with Crippen molar-refractivity contribution in [3.8, 4) is 5.88 Å². The van der Waals surface area contributed by atoms with E-state index in [-0.39, 0.29) is 12.0 Å². The highest BCUT2D eigenvalue weighted by Crippen LogP contribution is 2.20. The average molecular weight is 316 g/mol. The lowest BCUT2D eigenvalue weighted by atomic mass is 10.3. The van der Waals surface area contributed by atoms with Gasteiger partial charge in [-0.05, 0) is 18.2 Å². The number of pyridine rings is 1. The van der Waals surface area contributed by atoms with E-state index >= 15 is 0 Å². The van der Waals surface area contributed by atoms with Crippen molar-refractivity contribution < 1.29 is 9.53 Å². The summed E-state index contributed by atoms with van der Waals surface area (Å²) >= 11 is 1.53. The van der Waals surface area contributed by atoms with E-state index in [2.05, 4.69) is 15.2 Å². The first kappa shape index (κ1) is 14.8. The molecule has 114 valence electrons. The molecule has 1 unspecified atom stereocenters. The molecular formula is C15H16N4O2S. The van der Waals surface area contributed by atoms with E-state index < -0.39 is 0 Å². The third-order valence-electron chi connectivity index (χ3n) is 3.35. The fourth-order valence-corrected chi connectivity index (χ4v) is 3.03. The molecule has 1 saturated heterocycles. The third kappa shape index (κ3) is 3.94. The Balaban J connectivity index is 1.46. The van der Waals surface area contributed by atoms with Crippen LogP contribution in [0.5, 0.6) is 5.88 Å². The molecule has 0 radical (unpaired) electrons. The molecule has 0 saturated carbocycles. The van der Waals surface area contributed by atoms with Gasteiger partial charge in [-0.15, -0.1) is 16.9 Å². The quantitative estimate of drug-likeness (QED) is 0.781. The lowest BCUT2D eigenvalue weighted by Crippen LogP contribution is -2.32. The number of hydrogen-bond acceptors (Lipinski definition) is 6. The van der Waals surface area contributed by atoms with Gasteiger partial charge in [0, 0.05) is 42.5 Å². The topological polar surface area (TPSA) is 68.2 Å². The maximum absolute atomic E-state index is 12.2. The van der Waals surface area contributed by atoms with Crippen LogP contribution in [0.4, 0.5) is 0 Å². The van der Waals surface area contributed by atoms with Gasteiger partial charge in [0.05, 0.1) is 12.3 Å². The lowest BCUT2D eigenvalue weighted by molar-refractivity contribution is -0.127. The van der Waals surface area contributed by atoms with Gasteiger partial charge in [-0.25, -0.2) is 0 Å². The summed E-state index contributed by atoms with van der Waals surface area (Å²) in [4.78, 5) is 19.1. The van der Waals surface area contributed by atoms with Gasteiger partial charge >= 0.3 is 0 Å². The number of carbonyl (C=O) groups excluding carboxylic acids is 1. The maximum atomic E-state index is 12.2. The zero-order valence-electron chi connectivity index (χ0n) is 12.0. The van der Waals surface area contributed by atoms with Crippen LogP contribution in [0.1, 0.15) is 6.42 Å². The van der Waals surface area contributed by atoms with Gasteiger partial charge in [0.2, 0.25) is 11.8 Å². The molecule has 6 nitrogen and oxygen atoms in total. The minimum absolute atomic E-state index is 0.00780. The van der Waals surface area contributed by atoms with Gasteiger partial charge in [-0.2, -0.15) is 5.10 Å². The number of aromatic nitrogens is 3. The second-order valence-corrected chi connectivity index (χ2v) is 5.95. The van der Waals surface area contributed by atoms with Crippen LogP contribution in [0.25, 0.3) is 0 Å². The Labute approximate surface area is 132 Å². The van der Waals surface area contributed by atoms with Crippen molar-refractivity contribution in [1.82, 2.24) is 20.1 Å². The van der Waals surface area contributed by atoms with Crippen LogP contribution in [0.15, 0.2) is 47.8 Å². The zero-order valence-corrected chi connectivity index (χ0v) is 12.8. The molecule has 0 aliphatic carbocycles. The zero-order chi connectivity index (χ0) is 15.2. The number of hydrogen-bond donors (Lipinski definition) is 0. The summed E-state index contributed by atoms with van der Waals surface area (Å²) in [6.07, 6.45) is 5.88. The van der Waals surface area contributed by atoms with Gasteiger partial charge in [-0.3, -0.25) is 9.78 Å². The molecule has 0 N–H and O–H groups in total. The fourth-order valence-electron chi connectivity index (χ4n) is 2.24. The largest absolute Gasteiger partial charge is 0.471 e. The summed E-state index contributed by atoms with van der Waals surface area (Å²) in [5.74, 6) is 1.07. The molecule has 1 fully saturated rings. The molecule has 1 atom stereocenters. The highest BCUT2D eigenvalue weighted by Gasteiger charge is 2.27. The molecule has 0 bridgehead atoms. The van der Waals surface area contributed by atoms with Crippen molar-refractivity contribution in [3.63, 3.8) is 0 Å². The third-order valence-corrected chi connectivity index (χ3v) is 4.34. The first-order valence-corrected chi connectivity index (χ1v) is 8.05. The number of rotatable bonds is 5. The highest BCUT2D eigenvalue weighted by molar-refractivity contribution is 8.00. The summed E-state index contributed by atoms with van der Waals surface area (Å²) in [5.41, 5.74) is 0. The highest BCUT2D eigenvalue weighted by atomic mass is 32.2. The molecule has 1 aliphatic rings. The predicted molar refractivity (Wildman–Crippen MR) is 82.6 cm³/mol. The van der Waals surface area contributed by atoms with Crippen molar-refractivity contribution in [2.24, 2.45) is 0 Å². The number of nitrogens with zero attached hydrogens (tertiary/aromatic N) is 4. The van der Waals surface area contributed by atoms with E-state index in [1.54, 1.807) is 30.7 Å². The van der Waals surface area contributed by atoms with Crippen LogP contribution < -0.4 is 4.74 Å². The molecule has 3 rings (SSSR count). The van der Waals surface area contributed by atoms with Crippen molar-refractivity contribution in [1.29, 1.82) is 0 Å².